The predicted octanol–water partition coefficient (Wildman–Crippen LogP) is 3.84. The largest absolute Gasteiger partial charge is 0.462 e. The Morgan fingerprint density at radius 2 is 1.95 bits per heavy atom. The first-order valence-electron chi connectivity index (χ1n) is 7.14. The van der Waals surface area contributed by atoms with Crippen LogP contribution in [0.3, 0.4) is 0 Å². The molecule has 0 fully saturated rings. The van der Waals surface area contributed by atoms with Gasteiger partial charge in [0.05, 0.1) is 24.3 Å². The van der Waals surface area contributed by atoms with Gasteiger partial charge in [-0.05, 0) is 44.4 Å². The third-order valence-corrected chi connectivity index (χ3v) is 3.42. The lowest BCUT2D eigenvalue weighted by molar-refractivity contribution is -0.150. The predicted molar refractivity (Wildman–Crippen MR) is 85.4 cm³/mol. The summed E-state index contributed by atoms with van der Waals surface area (Å²) in [4.78, 5) is 11.9. The van der Waals surface area contributed by atoms with Crippen molar-refractivity contribution < 1.29 is 19.5 Å². The Hall–Kier alpha value is -1.59. The quantitative estimate of drug-likeness (QED) is 0.341. The third kappa shape index (κ3) is 6.03. The van der Waals surface area contributed by atoms with Crippen molar-refractivity contribution in [1.82, 2.24) is 0 Å². The molecule has 0 bridgehead atoms. The second kappa shape index (κ2) is 9.43. The van der Waals surface area contributed by atoms with Crippen LogP contribution in [0.25, 0.3) is 0 Å². The van der Waals surface area contributed by atoms with Crippen LogP contribution in [0, 0.1) is 5.92 Å². The number of rotatable bonds is 8. The minimum absolute atomic E-state index is 0.168. The van der Waals surface area contributed by atoms with Gasteiger partial charge in [0, 0.05) is 12.1 Å². The number of nitrogens with zero attached hydrogens (tertiary/aromatic N) is 1. The number of hydrogen-bond donors (Lipinski definition) is 1. The van der Waals surface area contributed by atoms with Gasteiger partial charge in [-0.25, -0.2) is 0 Å². The van der Waals surface area contributed by atoms with E-state index in [-0.39, 0.29) is 12.2 Å². The zero-order valence-electron chi connectivity index (χ0n) is 13.0. The number of carbonyl (C=O) groups is 1. The number of hydrogen-bond acceptors (Lipinski definition) is 5. The molecule has 0 saturated carbocycles. The molecule has 0 aliphatic heterocycles. The molecule has 0 spiro atoms. The van der Waals surface area contributed by atoms with Crippen LogP contribution in [-0.4, -0.2) is 30.6 Å². The van der Waals surface area contributed by atoms with E-state index in [2.05, 4.69) is 5.16 Å². The first-order chi connectivity index (χ1) is 10.5. The zero-order chi connectivity index (χ0) is 16.5. The molecule has 6 heteroatoms. The molecule has 0 radical (unpaired) electrons. The van der Waals surface area contributed by atoms with E-state index >= 15 is 0 Å². The third-order valence-electron chi connectivity index (χ3n) is 3.17. The summed E-state index contributed by atoms with van der Waals surface area (Å²) in [5.74, 6) is -1.00. The molecule has 1 aromatic rings. The first-order valence-corrected chi connectivity index (χ1v) is 7.52. The number of carbonyl (C=O) groups excluding carboxylic acids is 1. The minimum Gasteiger partial charge on any atom is -0.462 e. The number of oxime groups is 1. The van der Waals surface area contributed by atoms with Crippen molar-refractivity contribution in [3.63, 3.8) is 0 Å². The van der Waals surface area contributed by atoms with Gasteiger partial charge in [0.25, 0.3) is 0 Å². The monoisotopic (exact) mass is 327 g/mol. The summed E-state index contributed by atoms with van der Waals surface area (Å²) in [5, 5.41) is 12.3. The molecule has 0 saturated heterocycles. The van der Waals surface area contributed by atoms with E-state index in [4.69, 9.17) is 26.3 Å². The van der Waals surface area contributed by atoms with Gasteiger partial charge >= 0.3 is 5.97 Å². The van der Waals surface area contributed by atoms with Crippen molar-refractivity contribution in [3.05, 3.63) is 34.9 Å². The summed E-state index contributed by atoms with van der Waals surface area (Å²) < 4.78 is 10.6. The Kier molecular flexibility index (Phi) is 7.91. The number of halogens is 1. The van der Waals surface area contributed by atoms with Crippen LogP contribution in [0.15, 0.2) is 29.4 Å². The molecule has 0 aromatic heterocycles. The van der Waals surface area contributed by atoms with Crippen molar-refractivity contribution >= 4 is 23.8 Å². The normalized spacial score (nSPS) is 14.2. The van der Waals surface area contributed by atoms with E-state index in [1.165, 1.54) is 6.21 Å². The molecular formula is C16H22ClNO4. The summed E-state index contributed by atoms with van der Waals surface area (Å²) >= 11 is 5.87. The average molecular weight is 328 g/mol. The highest BCUT2D eigenvalue weighted by atomic mass is 35.5. The van der Waals surface area contributed by atoms with E-state index in [0.717, 1.165) is 5.56 Å². The highest BCUT2D eigenvalue weighted by Crippen LogP contribution is 2.25. The summed E-state index contributed by atoms with van der Waals surface area (Å²) in [6, 6.07) is 7.36. The molecule has 2 atom stereocenters. The lowest BCUT2D eigenvalue weighted by atomic mass is 9.98. The molecule has 2 unspecified atom stereocenters. The summed E-state index contributed by atoms with van der Waals surface area (Å²) in [5.41, 5.74) is 0.976. The summed E-state index contributed by atoms with van der Waals surface area (Å²) in [6.07, 6.45) is 1.85. The zero-order valence-corrected chi connectivity index (χ0v) is 13.8. The molecule has 0 amide bonds. The van der Waals surface area contributed by atoms with Gasteiger partial charge in [0.15, 0.2) is 0 Å². The molecule has 0 aliphatic carbocycles. The van der Waals surface area contributed by atoms with E-state index in [1.54, 1.807) is 33.1 Å². The van der Waals surface area contributed by atoms with Crippen molar-refractivity contribution in [3.8, 4) is 0 Å². The maximum Gasteiger partial charge on any atom is 0.314 e. The van der Waals surface area contributed by atoms with Gasteiger partial charge in [-0.2, -0.15) is 0 Å². The summed E-state index contributed by atoms with van der Waals surface area (Å²) in [7, 11) is 1.61. The lowest BCUT2D eigenvalue weighted by Gasteiger charge is -2.19. The lowest BCUT2D eigenvalue weighted by Crippen LogP contribution is -2.23. The Morgan fingerprint density at radius 1 is 1.32 bits per heavy atom. The molecule has 1 rings (SSSR count). The number of esters is 1. The van der Waals surface area contributed by atoms with Gasteiger partial charge in [-0.1, -0.05) is 23.7 Å². The standard InChI is InChI=1S/C16H22ClNO4/c1-11(2)22-16(19)13(10-18-20)6-9-15(21-3)12-4-7-14(17)8-5-12/h4-5,7-8,10-11,13,15,20H,6,9H2,1-3H3/b18-10-. The molecule has 122 valence electrons. The molecular weight excluding hydrogens is 306 g/mol. The van der Waals surface area contributed by atoms with E-state index in [9.17, 15) is 4.79 Å². The topological polar surface area (TPSA) is 68.1 Å². The van der Waals surface area contributed by atoms with Crippen LogP contribution in [0.5, 0.6) is 0 Å². The van der Waals surface area contributed by atoms with Gasteiger partial charge in [-0.15, -0.1) is 5.16 Å². The highest BCUT2D eigenvalue weighted by molar-refractivity contribution is 6.30. The summed E-state index contributed by atoms with van der Waals surface area (Å²) in [6.45, 7) is 3.55. The van der Waals surface area contributed by atoms with Crippen LogP contribution in [0.2, 0.25) is 5.02 Å². The number of methoxy groups -OCH3 is 1. The SMILES string of the molecule is COC(CCC(/C=N\O)C(=O)OC(C)C)c1ccc(Cl)cc1. The Morgan fingerprint density at radius 3 is 2.45 bits per heavy atom. The van der Waals surface area contributed by atoms with Crippen molar-refractivity contribution in [2.45, 2.75) is 38.9 Å². The Bertz CT molecular complexity index is 487. The maximum atomic E-state index is 11.9. The van der Waals surface area contributed by atoms with Gasteiger partial charge in [-0.3, -0.25) is 4.79 Å². The number of benzene rings is 1. The Balaban J connectivity index is 2.69. The molecule has 22 heavy (non-hydrogen) atoms. The molecule has 0 heterocycles. The highest BCUT2D eigenvalue weighted by Gasteiger charge is 2.22. The minimum atomic E-state index is -0.600. The van der Waals surface area contributed by atoms with Crippen molar-refractivity contribution in [1.29, 1.82) is 0 Å². The molecule has 1 aromatic carbocycles. The fourth-order valence-corrected chi connectivity index (χ4v) is 2.21. The van der Waals surface area contributed by atoms with E-state index in [1.807, 2.05) is 12.1 Å². The fraction of sp³-hybridized carbons (Fsp3) is 0.500. The fourth-order valence-electron chi connectivity index (χ4n) is 2.08. The maximum absolute atomic E-state index is 11.9. The second-order valence-electron chi connectivity index (χ2n) is 5.21. The second-order valence-corrected chi connectivity index (χ2v) is 5.65. The van der Waals surface area contributed by atoms with Crippen LogP contribution in [0.1, 0.15) is 38.4 Å². The van der Waals surface area contributed by atoms with E-state index in [0.29, 0.717) is 17.9 Å². The van der Waals surface area contributed by atoms with Gasteiger partial charge < -0.3 is 14.7 Å². The average Bonchev–Trinajstić information content (AvgIpc) is 2.47. The van der Waals surface area contributed by atoms with Crippen molar-refractivity contribution in [2.24, 2.45) is 11.1 Å². The first kappa shape index (κ1) is 18.5. The van der Waals surface area contributed by atoms with Crippen molar-refractivity contribution in [2.75, 3.05) is 7.11 Å². The smallest absolute Gasteiger partial charge is 0.314 e. The van der Waals surface area contributed by atoms with Gasteiger partial charge in [0.1, 0.15) is 0 Å². The molecule has 1 N–H and O–H groups in total. The molecule has 0 aliphatic rings. The van der Waals surface area contributed by atoms with Crippen LogP contribution in [-0.2, 0) is 14.3 Å². The van der Waals surface area contributed by atoms with Crippen LogP contribution >= 0.6 is 11.6 Å². The van der Waals surface area contributed by atoms with Gasteiger partial charge in [0.2, 0.25) is 0 Å². The number of ether oxygens (including phenoxy) is 2. The Labute approximate surface area is 135 Å². The molecule has 5 nitrogen and oxygen atoms in total. The van der Waals surface area contributed by atoms with E-state index < -0.39 is 11.9 Å². The van der Waals surface area contributed by atoms with Crippen LogP contribution < -0.4 is 0 Å². The van der Waals surface area contributed by atoms with Crippen LogP contribution in [0.4, 0.5) is 0 Å².